The number of anilines is 1. The summed E-state index contributed by atoms with van der Waals surface area (Å²) in [5, 5.41) is 3.23. The number of carbonyl (C=O) groups is 2. The zero-order valence-corrected chi connectivity index (χ0v) is 23.5. The molecule has 0 fully saturated rings. The molecular formula is C29H34ClN3O4S. The van der Waals surface area contributed by atoms with Crippen molar-refractivity contribution in [2.24, 2.45) is 0 Å². The van der Waals surface area contributed by atoms with Gasteiger partial charge >= 0.3 is 0 Å². The van der Waals surface area contributed by atoms with Gasteiger partial charge in [0.25, 0.3) is 0 Å². The summed E-state index contributed by atoms with van der Waals surface area (Å²) in [4.78, 5) is 28.2. The molecule has 202 valence electrons. The van der Waals surface area contributed by atoms with Crippen molar-refractivity contribution >= 4 is 39.1 Å². The molecule has 9 heteroatoms. The first-order chi connectivity index (χ1) is 18.1. The molecule has 0 unspecified atom stereocenters. The van der Waals surface area contributed by atoms with Crippen molar-refractivity contribution in [2.45, 2.75) is 38.8 Å². The second kappa shape index (κ2) is 13.4. The Hall–Kier alpha value is -3.36. The Balaban J connectivity index is 1.84. The van der Waals surface area contributed by atoms with Crippen molar-refractivity contribution in [1.82, 2.24) is 10.2 Å². The van der Waals surface area contributed by atoms with Crippen LogP contribution >= 0.6 is 11.6 Å². The fraction of sp³-hybridized carbons (Fsp3) is 0.310. The highest BCUT2D eigenvalue weighted by Crippen LogP contribution is 2.21. The number of amides is 2. The summed E-state index contributed by atoms with van der Waals surface area (Å²) in [6.45, 7) is 2.23. The van der Waals surface area contributed by atoms with E-state index in [0.29, 0.717) is 17.1 Å². The summed E-state index contributed by atoms with van der Waals surface area (Å²) in [6, 6.07) is 23.2. The van der Waals surface area contributed by atoms with E-state index in [-0.39, 0.29) is 37.7 Å². The van der Waals surface area contributed by atoms with Gasteiger partial charge in [0, 0.05) is 38.0 Å². The summed E-state index contributed by atoms with van der Waals surface area (Å²) in [7, 11) is -2.00. The van der Waals surface area contributed by atoms with E-state index in [4.69, 9.17) is 11.6 Å². The minimum Gasteiger partial charge on any atom is -0.357 e. The van der Waals surface area contributed by atoms with Gasteiger partial charge in [0.1, 0.15) is 6.04 Å². The van der Waals surface area contributed by atoms with E-state index in [2.05, 4.69) is 5.32 Å². The molecule has 0 saturated carbocycles. The van der Waals surface area contributed by atoms with Crippen LogP contribution in [0.5, 0.6) is 0 Å². The molecular weight excluding hydrogens is 522 g/mol. The number of halogens is 1. The minimum absolute atomic E-state index is 0.0701. The number of benzene rings is 3. The van der Waals surface area contributed by atoms with Crippen molar-refractivity contribution in [3.05, 3.63) is 101 Å². The molecule has 7 nitrogen and oxygen atoms in total. The number of rotatable bonds is 12. The number of sulfonamides is 1. The van der Waals surface area contributed by atoms with Crippen molar-refractivity contribution in [2.75, 3.05) is 24.2 Å². The molecule has 1 N–H and O–H groups in total. The standard InChI is InChI=1S/C29H34ClN3O4S/c1-22-10-7-15-26(18-22)33(38(3,36)37)17-9-16-28(34)32(21-24-13-8-14-25(30)19-24)27(29(35)31-2)20-23-11-5-4-6-12-23/h4-8,10-15,18-19,27H,9,16-17,20-21H2,1-3H3,(H,31,35)/t27-/m0/s1. The third-order valence-electron chi connectivity index (χ3n) is 6.20. The molecule has 2 amide bonds. The Kier molecular flexibility index (Phi) is 10.3. The second-order valence-corrected chi connectivity index (χ2v) is 11.6. The van der Waals surface area contributed by atoms with Gasteiger partial charge in [-0.3, -0.25) is 13.9 Å². The average molecular weight is 556 g/mol. The molecule has 0 saturated heterocycles. The van der Waals surface area contributed by atoms with E-state index in [0.717, 1.165) is 22.9 Å². The maximum Gasteiger partial charge on any atom is 0.242 e. The van der Waals surface area contributed by atoms with E-state index in [1.54, 1.807) is 48.3 Å². The molecule has 1 atom stereocenters. The summed E-state index contributed by atoms with van der Waals surface area (Å²) in [6.07, 6.45) is 1.86. The average Bonchev–Trinajstić information content (AvgIpc) is 2.88. The molecule has 3 rings (SSSR count). The third kappa shape index (κ3) is 8.33. The molecule has 0 radical (unpaired) electrons. The van der Waals surface area contributed by atoms with Crippen LogP contribution in [-0.2, 0) is 32.6 Å². The first-order valence-electron chi connectivity index (χ1n) is 12.4. The van der Waals surface area contributed by atoms with Crippen LogP contribution in [0.4, 0.5) is 5.69 Å². The molecule has 0 heterocycles. The first kappa shape index (κ1) is 29.2. The van der Waals surface area contributed by atoms with Gasteiger partial charge in [-0.25, -0.2) is 8.42 Å². The van der Waals surface area contributed by atoms with E-state index >= 15 is 0 Å². The van der Waals surface area contributed by atoms with Crippen LogP contribution in [0.1, 0.15) is 29.5 Å². The number of hydrogen-bond acceptors (Lipinski definition) is 4. The smallest absolute Gasteiger partial charge is 0.242 e. The molecule has 3 aromatic rings. The highest BCUT2D eigenvalue weighted by Gasteiger charge is 2.30. The molecule has 0 aliphatic heterocycles. The Morgan fingerprint density at radius 1 is 0.947 bits per heavy atom. The Bertz CT molecular complexity index is 1350. The summed E-state index contributed by atoms with van der Waals surface area (Å²) >= 11 is 6.19. The van der Waals surface area contributed by atoms with Gasteiger partial charge in [-0.05, 0) is 54.3 Å². The summed E-state index contributed by atoms with van der Waals surface area (Å²) in [5.41, 5.74) is 3.22. The normalized spacial score (nSPS) is 12.0. The number of likely N-dealkylation sites (N-methyl/N-ethyl adjacent to an activating group) is 1. The predicted octanol–water partition coefficient (Wildman–Crippen LogP) is 4.58. The lowest BCUT2D eigenvalue weighted by Crippen LogP contribution is -2.49. The molecule has 0 aliphatic rings. The molecule has 0 aliphatic carbocycles. The lowest BCUT2D eigenvalue weighted by atomic mass is 10.0. The SMILES string of the molecule is CNC(=O)[C@H](Cc1ccccc1)N(Cc1cccc(Cl)c1)C(=O)CCCN(c1cccc(C)c1)S(C)(=O)=O. The quantitative estimate of drug-likeness (QED) is 0.354. The number of carbonyl (C=O) groups excluding carboxylic acids is 2. The van der Waals surface area contributed by atoms with Gasteiger partial charge in [-0.2, -0.15) is 0 Å². The maximum absolute atomic E-state index is 13.7. The first-order valence-corrected chi connectivity index (χ1v) is 14.6. The van der Waals surface area contributed by atoms with Crippen LogP contribution < -0.4 is 9.62 Å². The zero-order valence-electron chi connectivity index (χ0n) is 21.9. The van der Waals surface area contributed by atoms with Crippen molar-refractivity contribution in [3.8, 4) is 0 Å². The molecule has 3 aromatic carbocycles. The second-order valence-electron chi connectivity index (χ2n) is 9.25. The largest absolute Gasteiger partial charge is 0.357 e. The molecule has 38 heavy (non-hydrogen) atoms. The maximum atomic E-state index is 13.7. The minimum atomic E-state index is -3.55. The summed E-state index contributed by atoms with van der Waals surface area (Å²) in [5.74, 6) is -0.519. The van der Waals surface area contributed by atoms with Crippen LogP contribution in [-0.4, -0.2) is 51.0 Å². The van der Waals surface area contributed by atoms with E-state index in [1.165, 1.54) is 4.31 Å². The van der Waals surface area contributed by atoms with Gasteiger partial charge < -0.3 is 10.2 Å². The lowest BCUT2D eigenvalue weighted by Gasteiger charge is -2.31. The molecule has 0 spiro atoms. The van der Waals surface area contributed by atoms with Gasteiger partial charge in [-0.1, -0.05) is 66.2 Å². The Morgan fingerprint density at radius 3 is 2.26 bits per heavy atom. The third-order valence-corrected chi connectivity index (χ3v) is 7.63. The number of hydrogen-bond donors (Lipinski definition) is 1. The van der Waals surface area contributed by atoms with E-state index < -0.39 is 16.1 Å². The zero-order chi connectivity index (χ0) is 27.7. The lowest BCUT2D eigenvalue weighted by molar-refractivity contribution is -0.141. The predicted molar refractivity (Wildman–Crippen MR) is 153 cm³/mol. The van der Waals surface area contributed by atoms with Crippen molar-refractivity contribution < 1.29 is 18.0 Å². The number of nitrogens with one attached hydrogen (secondary N) is 1. The number of nitrogens with zero attached hydrogens (tertiary/aromatic N) is 2. The van der Waals surface area contributed by atoms with Gasteiger partial charge in [0.15, 0.2) is 0 Å². The van der Waals surface area contributed by atoms with Crippen LogP contribution in [0.3, 0.4) is 0 Å². The Morgan fingerprint density at radius 2 is 1.63 bits per heavy atom. The monoisotopic (exact) mass is 555 g/mol. The van der Waals surface area contributed by atoms with E-state index in [1.807, 2.05) is 49.4 Å². The summed E-state index contributed by atoms with van der Waals surface area (Å²) < 4.78 is 26.4. The fourth-order valence-electron chi connectivity index (χ4n) is 4.34. The van der Waals surface area contributed by atoms with Crippen LogP contribution in [0.2, 0.25) is 5.02 Å². The van der Waals surface area contributed by atoms with Crippen LogP contribution in [0.15, 0.2) is 78.9 Å². The van der Waals surface area contributed by atoms with Gasteiger partial charge in [0.05, 0.1) is 11.9 Å². The van der Waals surface area contributed by atoms with E-state index in [9.17, 15) is 18.0 Å². The molecule has 0 aromatic heterocycles. The Labute approximate surface area is 230 Å². The highest BCUT2D eigenvalue weighted by atomic mass is 35.5. The van der Waals surface area contributed by atoms with Crippen LogP contribution in [0, 0.1) is 6.92 Å². The van der Waals surface area contributed by atoms with Crippen molar-refractivity contribution in [3.63, 3.8) is 0 Å². The van der Waals surface area contributed by atoms with Gasteiger partial charge in [-0.15, -0.1) is 0 Å². The molecule has 0 bridgehead atoms. The van der Waals surface area contributed by atoms with Crippen LogP contribution in [0.25, 0.3) is 0 Å². The van der Waals surface area contributed by atoms with Crippen molar-refractivity contribution in [1.29, 1.82) is 0 Å². The van der Waals surface area contributed by atoms with Gasteiger partial charge in [0.2, 0.25) is 21.8 Å². The fourth-order valence-corrected chi connectivity index (χ4v) is 5.51. The highest BCUT2D eigenvalue weighted by molar-refractivity contribution is 7.92. The topological polar surface area (TPSA) is 86.8 Å². The number of aryl methyl sites for hydroxylation is 1.